The predicted molar refractivity (Wildman–Crippen MR) is 112 cm³/mol. The molecule has 154 valence electrons. The van der Waals surface area contributed by atoms with Gasteiger partial charge < -0.3 is 15.2 Å². The van der Waals surface area contributed by atoms with E-state index in [2.05, 4.69) is 5.32 Å². The Morgan fingerprint density at radius 3 is 2.57 bits per heavy atom. The monoisotopic (exact) mass is 426 g/mol. The van der Waals surface area contributed by atoms with E-state index in [0.717, 1.165) is 12.2 Å². The lowest BCUT2D eigenvalue weighted by molar-refractivity contribution is -0.131. The number of anilines is 2. The third kappa shape index (κ3) is 5.06. The number of carbonyl (C=O) groups is 4. The second-order valence-electron chi connectivity index (χ2n) is 6.26. The van der Waals surface area contributed by atoms with E-state index in [4.69, 9.17) is 9.84 Å². The lowest BCUT2D eigenvalue weighted by Gasteiger charge is -2.15. The first-order chi connectivity index (χ1) is 14.4. The van der Waals surface area contributed by atoms with Crippen LogP contribution in [0.3, 0.4) is 0 Å². The minimum Gasteiger partial charge on any atom is -0.497 e. The van der Waals surface area contributed by atoms with Gasteiger partial charge in [0, 0.05) is 29.2 Å². The molecule has 0 spiro atoms. The maximum Gasteiger partial charge on any atom is 0.328 e. The average molecular weight is 426 g/mol. The molecule has 8 nitrogen and oxygen atoms in total. The van der Waals surface area contributed by atoms with Crippen LogP contribution >= 0.6 is 11.8 Å². The van der Waals surface area contributed by atoms with Crippen LogP contribution in [0, 0.1) is 0 Å². The molecule has 1 fully saturated rings. The summed E-state index contributed by atoms with van der Waals surface area (Å²) in [5, 5.41) is 10.5. The lowest BCUT2D eigenvalue weighted by atomic mass is 10.3. The number of ether oxygens (including phenoxy) is 1. The molecule has 1 atom stereocenters. The van der Waals surface area contributed by atoms with Crippen LogP contribution in [-0.4, -0.2) is 41.2 Å². The molecule has 1 aliphatic heterocycles. The fourth-order valence-corrected chi connectivity index (χ4v) is 3.95. The Morgan fingerprint density at radius 2 is 1.90 bits per heavy atom. The quantitative estimate of drug-likeness (QED) is 0.517. The zero-order chi connectivity index (χ0) is 21.7. The van der Waals surface area contributed by atoms with Crippen molar-refractivity contribution in [1.29, 1.82) is 0 Å². The smallest absolute Gasteiger partial charge is 0.328 e. The van der Waals surface area contributed by atoms with Gasteiger partial charge in [0.1, 0.15) is 5.75 Å². The standard InChI is InChI=1S/C21H18N2O6S/c1-29-15-7-5-14(6-8-15)23-19(25)12-17(21(23)28)30-16-4-2-3-13(11-16)22-18(24)9-10-20(26)27/h2-11,17H,12H2,1H3,(H,22,24)(H,26,27). The number of aliphatic carboxylic acids is 1. The summed E-state index contributed by atoms with van der Waals surface area (Å²) < 4.78 is 5.10. The number of imide groups is 1. The van der Waals surface area contributed by atoms with E-state index in [1.165, 1.54) is 23.8 Å². The molecule has 0 aromatic heterocycles. The molecule has 2 N–H and O–H groups in total. The Kier molecular flexibility index (Phi) is 6.53. The third-order valence-corrected chi connectivity index (χ3v) is 5.37. The number of nitrogens with one attached hydrogen (secondary N) is 1. The van der Waals surface area contributed by atoms with Crippen LogP contribution in [-0.2, 0) is 19.2 Å². The van der Waals surface area contributed by atoms with Gasteiger partial charge in [-0.2, -0.15) is 0 Å². The molecule has 0 aliphatic carbocycles. The number of carboxylic acid groups (broad SMARTS) is 1. The highest BCUT2D eigenvalue weighted by Gasteiger charge is 2.40. The number of methoxy groups -OCH3 is 1. The average Bonchev–Trinajstić information content (AvgIpc) is 3.00. The highest BCUT2D eigenvalue weighted by atomic mass is 32.2. The van der Waals surface area contributed by atoms with Crippen LogP contribution in [0.15, 0.2) is 65.6 Å². The first-order valence-corrected chi connectivity index (χ1v) is 9.75. The number of rotatable bonds is 7. The molecular formula is C21H18N2O6S. The molecule has 0 bridgehead atoms. The van der Waals surface area contributed by atoms with Gasteiger partial charge in [0.25, 0.3) is 0 Å². The Morgan fingerprint density at radius 1 is 1.17 bits per heavy atom. The number of thioether (sulfide) groups is 1. The summed E-state index contributed by atoms with van der Waals surface area (Å²) in [6.45, 7) is 0. The number of amides is 3. The second-order valence-corrected chi connectivity index (χ2v) is 7.54. The summed E-state index contributed by atoms with van der Waals surface area (Å²) in [5.74, 6) is -1.78. The highest BCUT2D eigenvalue weighted by Crippen LogP contribution is 2.35. The Hall–Kier alpha value is -3.59. The molecule has 1 heterocycles. The summed E-state index contributed by atoms with van der Waals surface area (Å²) in [4.78, 5) is 49.3. The van der Waals surface area contributed by atoms with Crippen LogP contribution in [0.2, 0.25) is 0 Å². The van der Waals surface area contributed by atoms with E-state index in [0.29, 0.717) is 22.0 Å². The molecular weight excluding hydrogens is 408 g/mol. The van der Waals surface area contributed by atoms with E-state index >= 15 is 0 Å². The fourth-order valence-electron chi connectivity index (χ4n) is 2.84. The maximum atomic E-state index is 12.8. The zero-order valence-electron chi connectivity index (χ0n) is 15.9. The van der Waals surface area contributed by atoms with Gasteiger partial charge in [0.05, 0.1) is 18.0 Å². The number of carboxylic acids is 1. The van der Waals surface area contributed by atoms with Crippen LogP contribution in [0.5, 0.6) is 5.75 Å². The van der Waals surface area contributed by atoms with Crippen molar-refractivity contribution >= 4 is 46.8 Å². The van der Waals surface area contributed by atoms with Crippen LogP contribution in [0.1, 0.15) is 6.42 Å². The minimum atomic E-state index is -1.22. The SMILES string of the molecule is COc1ccc(N2C(=O)CC(Sc3cccc(NC(=O)C=CC(=O)O)c3)C2=O)cc1. The van der Waals surface area contributed by atoms with Gasteiger partial charge in [-0.15, -0.1) is 11.8 Å². The molecule has 0 radical (unpaired) electrons. The van der Waals surface area contributed by atoms with Gasteiger partial charge in [0.2, 0.25) is 17.7 Å². The molecule has 3 amide bonds. The number of benzene rings is 2. The van der Waals surface area contributed by atoms with Crippen LogP contribution in [0.4, 0.5) is 11.4 Å². The third-order valence-electron chi connectivity index (χ3n) is 4.19. The molecule has 1 aliphatic rings. The normalized spacial score (nSPS) is 16.2. The van der Waals surface area contributed by atoms with Gasteiger partial charge in [-0.05, 0) is 42.5 Å². The van der Waals surface area contributed by atoms with Crippen molar-refractivity contribution in [3.05, 3.63) is 60.7 Å². The van der Waals surface area contributed by atoms with Crippen molar-refractivity contribution in [3.8, 4) is 5.75 Å². The van der Waals surface area contributed by atoms with E-state index in [1.54, 1.807) is 48.5 Å². The van der Waals surface area contributed by atoms with E-state index in [1.807, 2.05) is 0 Å². The number of hydrogen-bond donors (Lipinski definition) is 2. The van der Waals surface area contributed by atoms with Crippen molar-refractivity contribution < 1.29 is 29.0 Å². The van der Waals surface area contributed by atoms with Crippen LogP contribution in [0.25, 0.3) is 0 Å². The van der Waals surface area contributed by atoms with Crippen molar-refractivity contribution in [3.63, 3.8) is 0 Å². The highest BCUT2D eigenvalue weighted by molar-refractivity contribution is 8.00. The fraction of sp³-hybridized carbons (Fsp3) is 0.143. The molecule has 9 heteroatoms. The lowest BCUT2D eigenvalue weighted by Crippen LogP contribution is -2.31. The molecule has 2 aromatic rings. The topological polar surface area (TPSA) is 113 Å². The minimum absolute atomic E-state index is 0.0630. The predicted octanol–water partition coefficient (Wildman–Crippen LogP) is 2.70. The summed E-state index contributed by atoms with van der Waals surface area (Å²) in [7, 11) is 1.53. The van der Waals surface area contributed by atoms with Crippen molar-refractivity contribution in [2.45, 2.75) is 16.6 Å². The number of hydrogen-bond acceptors (Lipinski definition) is 6. The largest absolute Gasteiger partial charge is 0.497 e. The van der Waals surface area contributed by atoms with Gasteiger partial charge in [0.15, 0.2) is 0 Å². The molecule has 30 heavy (non-hydrogen) atoms. The first kappa shape index (κ1) is 21.1. The second kappa shape index (κ2) is 9.27. The van der Waals surface area contributed by atoms with Crippen molar-refractivity contribution in [1.82, 2.24) is 0 Å². The summed E-state index contributed by atoms with van der Waals surface area (Å²) >= 11 is 1.23. The van der Waals surface area contributed by atoms with Gasteiger partial charge in [-0.3, -0.25) is 14.4 Å². The summed E-state index contributed by atoms with van der Waals surface area (Å²) in [5.41, 5.74) is 0.934. The van der Waals surface area contributed by atoms with E-state index in [-0.39, 0.29) is 18.2 Å². The molecule has 0 saturated carbocycles. The molecule has 2 aromatic carbocycles. The summed E-state index contributed by atoms with van der Waals surface area (Å²) in [6.07, 6.45) is 1.71. The maximum absolute atomic E-state index is 12.8. The van der Waals surface area contributed by atoms with Crippen molar-refractivity contribution in [2.24, 2.45) is 0 Å². The van der Waals surface area contributed by atoms with E-state index < -0.39 is 17.1 Å². The van der Waals surface area contributed by atoms with Gasteiger partial charge >= 0.3 is 5.97 Å². The molecule has 3 rings (SSSR count). The number of carbonyl (C=O) groups excluding carboxylic acids is 3. The Labute approximate surface area is 176 Å². The summed E-state index contributed by atoms with van der Waals surface area (Å²) in [6, 6.07) is 13.4. The molecule has 1 unspecified atom stereocenters. The number of nitrogens with zero attached hydrogens (tertiary/aromatic N) is 1. The van der Waals surface area contributed by atoms with Gasteiger partial charge in [-0.1, -0.05) is 6.07 Å². The zero-order valence-corrected chi connectivity index (χ0v) is 16.7. The van der Waals surface area contributed by atoms with E-state index in [9.17, 15) is 19.2 Å². The Balaban J connectivity index is 1.69. The molecule has 1 saturated heterocycles. The van der Waals surface area contributed by atoms with Gasteiger partial charge in [-0.25, -0.2) is 9.69 Å². The van der Waals surface area contributed by atoms with Crippen molar-refractivity contribution in [2.75, 3.05) is 17.3 Å². The Bertz CT molecular complexity index is 1020. The first-order valence-electron chi connectivity index (χ1n) is 8.87. The van der Waals surface area contributed by atoms with Crippen LogP contribution < -0.4 is 15.0 Å².